The molecule has 0 aliphatic heterocycles. The van der Waals surface area contributed by atoms with Gasteiger partial charge in [0.1, 0.15) is 23.6 Å². The summed E-state index contributed by atoms with van der Waals surface area (Å²) in [5.41, 5.74) is 6.39. The van der Waals surface area contributed by atoms with Gasteiger partial charge in [-0.2, -0.15) is 4.98 Å². The lowest BCUT2D eigenvalue weighted by atomic mass is 10.00. The standard InChI is InChI=1S/C30H25N3O3/c1-4-21-14-15-26(34-17-20-10-6-5-7-11-20)27-23(30-31-19(3)33-36-30)16-24(32-28(21)27)29-18(2)22-12-8-9-13-25(22)35-29/h5-16H,4,17H2,1-3H3. The zero-order valence-corrected chi connectivity index (χ0v) is 20.4. The second kappa shape index (κ2) is 8.96. The topological polar surface area (TPSA) is 74.2 Å². The molecule has 6 rings (SSSR count). The van der Waals surface area contributed by atoms with Crippen LogP contribution >= 0.6 is 0 Å². The third-order valence-electron chi connectivity index (χ3n) is 6.46. The first kappa shape index (κ1) is 22.0. The highest BCUT2D eigenvalue weighted by molar-refractivity contribution is 6.01. The van der Waals surface area contributed by atoms with Crippen molar-refractivity contribution in [3.8, 4) is 28.7 Å². The van der Waals surface area contributed by atoms with Crippen molar-refractivity contribution in [3.05, 3.63) is 95.3 Å². The van der Waals surface area contributed by atoms with E-state index in [1.807, 2.05) is 67.6 Å². The van der Waals surface area contributed by atoms with Crippen LogP contribution < -0.4 is 4.74 Å². The SMILES string of the molecule is CCc1ccc(OCc2ccccc2)c2c(-c3nc(C)no3)cc(-c3oc4ccccc4c3C)nc12. The highest BCUT2D eigenvalue weighted by atomic mass is 16.5. The van der Waals surface area contributed by atoms with Gasteiger partial charge in [0.05, 0.1) is 16.5 Å². The van der Waals surface area contributed by atoms with Crippen LogP contribution in [0.25, 0.3) is 44.8 Å². The molecule has 3 aromatic carbocycles. The van der Waals surface area contributed by atoms with E-state index in [2.05, 4.69) is 36.1 Å². The quantitative estimate of drug-likeness (QED) is 0.249. The molecule has 0 aliphatic rings. The first-order valence-corrected chi connectivity index (χ1v) is 12.0. The smallest absolute Gasteiger partial charge is 0.258 e. The Bertz CT molecular complexity index is 1700. The molecule has 0 radical (unpaired) electrons. The maximum atomic E-state index is 6.34. The number of hydrogen-bond donors (Lipinski definition) is 0. The van der Waals surface area contributed by atoms with Crippen molar-refractivity contribution in [2.75, 3.05) is 0 Å². The van der Waals surface area contributed by atoms with Gasteiger partial charge in [0.25, 0.3) is 5.89 Å². The van der Waals surface area contributed by atoms with E-state index in [4.69, 9.17) is 18.7 Å². The van der Waals surface area contributed by atoms with Crippen LogP contribution in [0.5, 0.6) is 5.75 Å². The molecule has 0 fully saturated rings. The molecular formula is C30H25N3O3. The molecule has 178 valence electrons. The summed E-state index contributed by atoms with van der Waals surface area (Å²) in [7, 11) is 0. The second-order valence-electron chi connectivity index (χ2n) is 8.83. The van der Waals surface area contributed by atoms with Gasteiger partial charge in [-0.1, -0.05) is 66.7 Å². The number of ether oxygens (including phenoxy) is 1. The van der Waals surface area contributed by atoms with Crippen LogP contribution in [-0.4, -0.2) is 15.1 Å². The molecule has 0 aliphatic carbocycles. The van der Waals surface area contributed by atoms with E-state index < -0.39 is 0 Å². The molecule has 6 aromatic rings. The molecule has 0 spiro atoms. The lowest BCUT2D eigenvalue weighted by Gasteiger charge is -2.15. The minimum Gasteiger partial charge on any atom is -0.488 e. The van der Waals surface area contributed by atoms with E-state index in [9.17, 15) is 0 Å². The lowest BCUT2D eigenvalue weighted by Crippen LogP contribution is -2.00. The van der Waals surface area contributed by atoms with Crippen LogP contribution in [0.3, 0.4) is 0 Å². The third-order valence-corrected chi connectivity index (χ3v) is 6.46. The summed E-state index contributed by atoms with van der Waals surface area (Å²) in [5.74, 6) is 2.44. The normalized spacial score (nSPS) is 11.4. The number of benzene rings is 3. The summed E-state index contributed by atoms with van der Waals surface area (Å²) < 4.78 is 18.3. The fourth-order valence-corrected chi connectivity index (χ4v) is 4.62. The lowest BCUT2D eigenvalue weighted by molar-refractivity contribution is 0.310. The van der Waals surface area contributed by atoms with Crippen molar-refractivity contribution in [2.45, 2.75) is 33.8 Å². The van der Waals surface area contributed by atoms with Crippen LogP contribution in [0, 0.1) is 13.8 Å². The number of pyridine rings is 1. The van der Waals surface area contributed by atoms with Crippen molar-refractivity contribution in [1.82, 2.24) is 15.1 Å². The minimum atomic E-state index is 0.424. The molecule has 0 saturated heterocycles. The maximum absolute atomic E-state index is 6.34. The van der Waals surface area contributed by atoms with E-state index in [0.29, 0.717) is 18.3 Å². The molecule has 0 saturated carbocycles. The number of aromatic nitrogens is 3. The molecule has 0 amide bonds. The highest BCUT2D eigenvalue weighted by Crippen LogP contribution is 2.40. The predicted molar refractivity (Wildman–Crippen MR) is 140 cm³/mol. The Morgan fingerprint density at radius 2 is 1.69 bits per heavy atom. The number of fused-ring (bicyclic) bond motifs is 2. The Morgan fingerprint density at radius 1 is 0.889 bits per heavy atom. The molecule has 0 atom stereocenters. The zero-order valence-electron chi connectivity index (χ0n) is 20.4. The van der Waals surface area contributed by atoms with Crippen molar-refractivity contribution in [2.24, 2.45) is 0 Å². The number of nitrogens with zero attached hydrogens (tertiary/aromatic N) is 3. The summed E-state index contributed by atoms with van der Waals surface area (Å²) >= 11 is 0. The van der Waals surface area contributed by atoms with E-state index >= 15 is 0 Å². The van der Waals surface area contributed by atoms with Crippen molar-refractivity contribution in [3.63, 3.8) is 0 Å². The highest BCUT2D eigenvalue weighted by Gasteiger charge is 2.22. The van der Waals surface area contributed by atoms with E-state index in [-0.39, 0.29) is 0 Å². The Hall–Kier alpha value is -4.45. The summed E-state index contributed by atoms with van der Waals surface area (Å²) in [6.07, 6.45) is 0.813. The molecule has 36 heavy (non-hydrogen) atoms. The molecule has 0 unspecified atom stereocenters. The third kappa shape index (κ3) is 3.81. The molecule has 0 bridgehead atoms. The van der Waals surface area contributed by atoms with Crippen molar-refractivity contribution in [1.29, 1.82) is 0 Å². The average Bonchev–Trinajstić information content (AvgIpc) is 3.50. The average molecular weight is 476 g/mol. The van der Waals surface area contributed by atoms with Crippen LogP contribution in [0.15, 0.2) is 81.7 Å². The van der Waals surface area contributed by atoms with Gasteiger partial charge in [-0.3, -0.25) is 0 Å². The van der Waals surface area contributed by atoms with Gasteiger partial charge in [-0.25, -0.2) is 4.98 Å². The van der Waals surface area contributed by atoms with Gasteiger partial charge in [0.2, 0.25) is 0 Å². The predicted octanol–water partition coefficient (Wildman–Crippen LogP) is 7.46. The Kier molecular flexibility index (Phi) is 5.49. The number of aryl methyl sites for hydroxylation is 3. The van der Waals surface area contributed by atoms with Crippen LogP contribution in [0.4, 0.5) is 0 Å². The van der Waals surface area contributed by atoms with Gasteiger partial charge >= 0.3 is 0 Å². The minimum absolute atomic E-state index is 0.424. The fourth-order valence-electron chi connectivity index (χ4n) is 4.62. The van der Waals surface area contributed by atoms with Crippen LogP contribution in [0.2, 0.25) is 0 Å². The van der Waals surface area contributed by atoms with Gasteiger partial charge in [-0.15, -0.1) is 0 Å². The summed E-state index contributed by atoms with van der Waals surface area (Å²) in [6, 6.07) is 24.2. The first-order chi connectivity index (χ1) is 17.6. The van der Waals surface area contributed by atoms with Gasteiger partial charge in [0, 0.05) is 10.9 Å². The number of para-hydroxylation sites is 1. The summed E-state index contributed by atoms with van der Waals surface area (Å²) in [6.45, 7) is 6.43. The van der Waals surface area contributed by atoms with Crippen molar-refractivity contribution < 1.29 is 13.7 Å². The van der Waals surface area contributed by atoms with E-state index in [1.54, 1.807) is 0 Å². The van der Waals surface area contributed by atoms with Gasteiger partial charge in [-0.05, 0) is 49.6 Å². The van der Waals surface area contributed by atoms with Gasteiger partial charge < -0.3 is 13.7 Å². The van der Waals surface area contributed by atoms with E-state index in [1.165, 1.54) is 0 Å². The molecule has 6 heteroatoms. The Labute approximate surface area is 208 Å². The fraction of sp³-hybridized carbons (Fsp3) is 0.167. The molecule has 6 nitrogen and oxygen atoms in total. The molecule has 3 aromatic heterocycles. The molecule has 0 N–H and O–H groups in total. The van der Waals surface area contributed by atoms with Gasteiger partial charge in [0.15, 0.2) is 11.6 Å². The second-order valence-corrected chi connectivity index (χ2v) is 8.83. The Balaban J connectivity index is 1.59. The maximum Gasteiger partial charge on any atom is 0.258 e. The first-order valence-electron chi connectivity index (χ1n) is 12.0. The Morgan fingerprint density at radius 3 is 2.44 bits per heavy atom. The number of furan rings is 1. The monoisotopic (exact) mass is 475 g/mol. The zero-order chi connectivity index (χ0) is 24.6. The van der Waals surface area contributed by atoms with Crippen LogP contribution in [0.1, 0.15) is 29.4 Å². The number of rotatable bonds is 6. The summed E-state index contributed by atoms with van der Waals surface area (Å²) in [4.78, 5) is 9.67. The summed E-state index contributed by atoms with van der Waals surface area (Å²) in [5, 5.41) is 5.97. The van der Waals surface area contributed by atoms with Crippen LogP contribution in [-0.2, 0) is 13.0 Å². The number of hydrogen-bond acceptors (Lipinski definition) is 6. The van der Waals surface area contributed by atoms with E-state index in [0.717, 1.165) is 67.8 Å². The van der Waals surface area contributed by atoms with Crippen molar-refractivity contribution >= 4 is 21.9 Å². The molecule has 3 heterocycles. The molecular weight excluding hydrogens is 450 g/mol. The largest absolute Gasteiger partial charge is 0.488 e.